The summed E-state index contributed by atoms with van der Waals surface area (Å²) in [6, 6.07) is -0.428. The van der Waals surface area contributed by atoms with Crippen LogP contribution in [-0.2, 0) is 11.8 Å². The van der Waals surface area contributed by atoms with Gasteiger partial charge in [-0.15, -0.1) is 23.7 Å². The van der Waals surface area contributed by atoms with E-state index in [2.05, 4.69) is 20.7 Å². The molecule has 6 nitrogen and oxygen atoms in total. The Bertz CT molecular complexity index is 553. The molecule has 0 aromatic carbocycles. The Hall–Kier alpha value is -1.44. The zero-order chi connectivity index (χ0) is 13.1. The quantitative estimate of drug-likeness (QED) is 0.898. The molecule has 0 saturated carbocycles. The van der Waals surface area contributed by atoms with Crippen molar-refractivity contribution in [1.29, 1.82) is 0 Å². The molecule has 0 aliphatic carbocycles. The SMILES string of the molecule is CNC(C(=O)Nc1nc(C)cs1)c1cnn(C)c1.Cl. The first-order valence-electron chi connectivity index (χ1n) is 5.49. The van der Waals surface area contributed by atoms with Crippen LogP contribution in [0.4, 0.5) is 5.13 Å². The van der Waals surface area contributed by atoms with E-state index >= 15 is 0 Å². The number of aromatic nitrogens is 3. The minimum atomic E-state index is -0.428. The number of hydrogen-bond acceptors (Lipinski definition) is 5. The van der Waals surface area contributed by atoms with Crippen LogP contribution in [0.25, 0.3) is 0 Å². The summed E-state index contributed by atoms with van der Waals surface area (Å²) in [5, 5.41) is 12.3. The molecule has 0 bridgehead atoms. The van der Waals surface area contributed by atoms with Gasteiger partial charge in [-0.2, -0.15) is 5.10 Å². The van der Waals surface area contributed by atoms with E-state index in [0.717, 1.165) is 11.3 Å². The Labute approximate surface area is 121 Å². The first-order chi connectivity index (χ1) is 8.60. The van der Waals surface area contributed by atoms with E-state index < -0.39 is 6.04 Å². The highest BCUT2D eigenvalue weighted by Crippen LogP contribution is 2.18. The van der Waals surface area contributed by atoms with Gasteiger partial charge in [0.25, 0.3) is 0 Å². The summed E-state index contributed by atoms with van der Waals surface area (Å²) in [4.78, 5) is 16.3. The second-order valence-corrected chi connectivity index (χ2v) is 4.81. The summed E-state index contributed by atoms with van der Waals surface area (Å²) >= 11 is 1.41. The summed E-state index contributed by atoms with van der Waals surface area (Å²) in [7, 11) is 3.56. The molecule has 1 atom stereocenters. The Morgan fingerprint density at radius 1 is 1.53 bits per heavy atom. The number of thiazole rings is 1. The number of rotatable bonds is 4. The van der Waals surface area contributed by atoms with Gasteiger partial charge in [0, 0.05) is 24.2 Å². The molecule has 0 fully saturated rings. The molecule has 19 heavy (non-hydrogen) atoms. The molecule has 0 aliphatic heterocycles. The molecule has 0 spiro atoms. The fourth-order valence-corrected chi connectivity index (χ4v) is 2.32. The number of likely N-dealkylation sites (N-methyl/N-ethyl adjacent to an activating group) is 1. The smallest absolute Gasteiger partial charge is 0.247 e. The van der Waals surface area contributed by atoms with Crippen molar-refractivity contribution in [3.63, 3.8) is 0 Å². The monoisotopic (exact) mass is 301 g/mol. The topological polar surface area (TPSA) is 71.8 Å². The zero-order valence-electron chi connectivity index (χ0n) is 10.9. The largest absolute Gasteiger partial charge is 0.305 e. The van der Waals surface area contributed by atoms with Crippen molar-refractivity contribution in [3.05, 3.63) is 29.0 Å². The lowest BCUT2D eigenvalue weighted by molar-refractivity contribution is -0.118. The Morgan fingerprint density at radius 2 is 2.26 bits per heavy atom. The van der Waals surface area contributed by atoms with Crippen molar-refractivity contribution in [2.24, 2.45) is 7.05 Å². The van der Waals surface area contributed by atoms with Crippen molar-refractivity contribution in [3.8, 4) is 0 Å². The first kappa shape index (κ1) is 15.6. The minimum absolute atomic E-state index is 0. The Morgan fingerprint density at radius 3 is 2.74 bits per heavy atom. The summed E-state index contributed by atoms with van der Waals surface area (Å²) in [6.45, 7) is 1.89. The number of carbonyl (C=O) groups excluding carboxylic acids is 1. The van der Waals surface area contributed by atoms with Gasteiger partial charge < -0.3 is 10.6 Å². The molecule has 2 rings (SSSR count). The number of halogens is 1. The summed E-state index contributed by atoms with van der Waals surface area (Å²) in [6.07, 6.45) is 3.49. The van der Waals surface area contributed by atoms with Crippen LogP contribution in [-0.4, -0.2) is 27.7 Å². The van der Waals surface area contributed by atoms with E-state index in [-0.39, 0.29) is 18.3 Å². The van der Waals surface area contributed by atoms with Gasteiger partial charge in [0.2, 0.25) is 5.91 Å². The third kappa shape index (κ3) is 3.76. The van der Waals surface area contributed by atoms with Crippen LogP contribution in [0.2, 0.25) is 0 Å². The maximum absolute atomic E-state index is 12.1. The van der Waals surface area contributed by atoms with Crippen LogP contribution < -0.4 is 10.6 Å². The van der Waals surface area contributed by atoms with Gasteiger partial charge >= 0.3 is 0 Å². The fraction of sp³-hybridized carbons (Fsp3) is 0.364. The lowest BCUT2D eigenvalue weighted by Crippen LogP contribution is -2.30. The highest BCUT2D eigenvalue weighted by molar-refractivity contribution is 7.13. The molecule has 0 aliphatic rings. The number of aryl methyl sites for hydroxylation is 2. The minimum Gasteiger partial charge on any atom is -0.305 e. The predicted octanol–water partition coefficient (Wildman–Crippen LogP) is 1.51. The standard InChI is InChI=1S/C11H15N5OS.ClH/c1-7-6-18-11(14-7)15-10(17)9(12-2)8-4-13-16(3)5-8;/h4-6,9,12H,1-3H3,(H,14,15,17);1H. The molecular weight excluding hydrogens is 286 g/mol. The van der Waals surface area contributed by atoms with E-state index in [1.807, 2.05) is 25.5 Å². The van der Waals surface area contributed by atoms with Crippen molar-refractivity contribution >= 4 is 34.8 Å². The van der Waals surface area contributed by atoms with Crippen molar-refractivity contribution in [2.75, 3.05) is 12.4 Å². The number of carbonyl (C=O) groups is 1. The number of hydrogen-bond donors (Lipinski definition) is 2. The molecule has 1 unspecified atom stereocenters. The van der Waals surface area contributed by atoms with Gasteiger partial charge in [-0.1, -0.05) is 0 Å². The van der Waals surface area contributed by atoms with E-state index in [1.165, 1.54) is 11.3 Å². The summed E-state index contributed by atoms with van der Waals surface area (Å²) in [5.41, 5.74) is 1.73. The van der Waals surface area contributed by atoms with Crippen molar-refractivity contribution in [2.45, 2.75) is 13.0 Å². The van der Waals surface area contributed by atoms with Crippen molar-refractivity contribution in [1.82, 2.24) is 20.1 Å². The van der Waals surface area contributed by atoms with Crippen LogP contribution in [0.5, 0.6) is 0 Å². The molecule has 2 aromatic rings. The van der Waals surface area contributed by atoms with Crippen LogP contribution >= 0.6 is 23.7 Å². The van der Waals surface area contributed by atoms with Crippen LogP contribution in [0.3, 0.4) is 0 Å². The average molecular weight is 302 g/mol. The highest BCUT2D eigenvalue weighted by Gasteiger charge is 2.20. The van der Waals surface area contributed by atoms with Gasteiger partial charge in [0.1, 0.15) is 6.04 Å². The lowest BCUT2D eigenvalue weighted by atomic mass is 10.1. The summed E-state index contributed by atoms with van der Waals surface area (Å²) in [5.74, 6) is -0.139. The van der Waals surface area contributed by atoms with Gasteiger partial charge in [0.05, 0.1) is 11.9 Å². The third-order valence-electron chi connectivity index (χ3n) is 2.46. The maximum Gasteiger partial charge on any atom is 0.247 e. The van der Waals surface area contributed by atoms with E-state index in [9.17, 15) is 4.79 Å². The molecule has 2 aromatic heterocycles. The number of nitrogens with zero attached hydrogens (tertiary/aromatic N) is 3. The molecule has 0 saturated heterocycles. The van der Waals surface area contributed by atoms with E-state index in [0.29, 0.717) is 5.13 Å². The molecule has 0 radical (unpaired) electrons. The number of anilines is 1. The second-order valence-electron chi connectivity index (χ2n) is 3.95. The number of amides is 1. The number of nitrogens with one attached hydrogen (secondary N) is 2. The maximum atomic E-state index is 12.1. The summed E-state index contributed by atoms with van der Waals surface area (Å²) < 4.78 is 1.67. The second kappa shape index (κ2) is 6.65. The van der Waals surface area contributed by atoms with Crippen LogP contribution in [0.1, 0.15) is 17.3 Å². The van der Waals surface area contributed by atoms with E-state index in [1.54, 1.807) is 17.9 Å². The molecule has 104 valence electrons. The van der Waals surface area contributed by atoms with Gasteiger partial charge in [0.15, 0.2) is 5.13 Å². The van der Waals surface area contributed by atoms with Crippen LogP contribution in [0, 0.1) is 6.92 Å². The highest BCUT2D eigenvalue weighted by atomic mass is 35.5. The molecule has 2 heterocycles. The van der Waals surface area contributed by atoms with Crippen LogP contribution in [0.15, 0.2) is 17.8 Å². The Kier molecular flexibility index (Phi) is 5.46. The third-order valence-corrected chi connectivity index (χ3v) is 3.33. The predicted molar refractivity (Wildman–Crippen MR) is 77.7 cm³/mol. The Balaban J connectivity index is 0.00000180. The van der Waals surface area contributed by atoms with E-state index in [4.69, 9.17) is 0 Å². The molecular formula is C11H16ClN5OS. The average Bonchev–Trinajstić information content (AvgIpc) is 2.89. The molecule has 8 heteroatoms. The van der Waals surface area contributed by atoms with Gasteiger partial charge in [-0.3, -0.25) is 9.48 Å². The van der Waals surface area contributed by atoms with Gasteiger partial charge in [-0.25, -0.2) is 4.98 Å². The fourth-order valence-electron chi connectivity index (χ4n) is 1.63. The van der Waals surface area contributed by atoms with Gasteiger partial charge in [-0.05, 0) is 14.0 Å². The molecule has 2 N–H and O–H groups in total. The molecule has 1 amide bonds. The zero-order valence-corrected chi connectivity index (χ0v) is 12.5. The van der Waals surface area contributed by atoms with Crippen molar-refractivity contribution < 1.29 is 4.79 Å². The first-order valence-corrected chi connectivity index (χ1v) is 6.37. The normalized spacial score (nSPS) is 11.7. The lowest BCUT2D eigenvalue weighted by Gasteiger charge is -2.12.